The van der Waals surface area contributed by atoms with Gasteiger partial charge < -0.3 is 9.64 Å². The van der Waals surface area contributed by atoms with Gasteiger partial charge in [0.25, 0.3) is 0 Å². The monoisotopic (exact) mass is 482 g/mol. The third-order valence-corrected chi connectivity index (χ3v) is 7.61. The van der Waals surface area contributed by atoms with Crippen LogP contribution in [0.2, 0.25) is 5.15 Å². The van der Waals surface area contributed by atoms with Gasteiger partial charge in [0.2, 0.25) is 11.8 Å². The molecular weight excluding hydrogens is 455 g/mol. The number of hydrogen-bond donors (Lipinski definition) is 1. The number of nitrogens with one attached hydrogen (secondary N) is 1. The summed E-state index contributed by atoms with van der Waals surface area (Å²) < 4.78 is 34.7. The van der Waals surface area contributed by atoms with Crippen molar-refractivity contribution in [2.24, 2.45) is 5.92 Å². The molecule has 3 heterocycles. The van der Waals surface area contributed by atoms with Crippen LogP contribution in [0.15, 0.2) is 18.5 Å². The maximum atomic E-state index is 13.1. The average molecular weight is 483 g/mol. The van der Waals surface area contributed by atoms with E-state index in [1.807, 2.05) is 27.7 Å². The Morgan fingerprint density at radius 3 is 2.62 bits per heavy atom. The van der Waals surface area contributed by atoms with Gasteiger partial charge in [-0.1, -0.05) is 18.5 Å². The molecule has 2 unspecified atom stereocenters. The summed E-state index contributed by atoms with van der Waals surface area (Å²) in [6, 6.07) is 1.57. The summed E-state index contributed by atoms with van der Waals surface area (Å²) in [6.45, 7) is 8.59. The highest BCUT2D eigenvalue weighted by atomic mass is 35.5. The van der Waals surface area contributed by atoms with Gasteiger partial charge in [-0.15, -0.1) is 0 Å². The quantitative estimate of drug-likeness (QED) is 0.608. The van der Waals surface area contributed by atoms with E-state index in [9.17, 15) is 13.4 Å². The second kappa shape index (κ2) is 8.83. The maximum Gasteiger partial charge on any atom is 0.228 e. The van der Waals surface area contributed by atoms with E-state index in [1.54, 1.807) is 23.4 Å². The highest BCUT2D eigenvalue weighted by Crippen LogP contribution is 2.37. The summed E-state index contributed by atoms with van der Waals surface area (Å²) in [5.74, 6) is -0.202. The molecule has 0 radical (unpaired) electrons. The minimum absolute atomic E-state index is 0.136. The summed E-state index contributed by atoms with van der Waals surface area (Å²) in [7, 11) is -1.25. The number of hydrogen-bond acceptors (Lipinski definition) is 5. The van der Waals surface area contributed by atoms with Crippen LogP contribution >= 0.6 is 11.6 Å². The van der Waals surface area contributed by atoms with E-state index >= 15 is 0 Å². The molecule has 4 rings (SSSR count). The van der Waals surface area contributed by atoms with Crippen LogP contribution in [0.25, 0.3) is 10.8 Å². The van der Waals surface area contributed by atoms with E-state index in [0.29, 0.717) is 42.4 Å². The molecule has 1 saturated carbocycles. The predicted octanol–water partition coefficient (Wildman–Crippen LogP) is 3.73. The number of carbonyl (C=O) groups is 1. The standard InChI is InChI=1S/C22H28ClFN4O3S/c1-5-18(27-32(30)22(2,3)4)15-8-26-20(16-9-25-19(23)7-13(15)16)31-12-10-28(11-12)21(29)14-6-17(14)24/h7-9,12,14,17-18,27H,5-6,10-11H2,1-4H3/t14?,17-,18+,32?/m0/s1. The van der Waals surface area contributed by atoms with Crippen molar-refractivity contribution in [3.05, 3.63) is 29.2 Å². The molecule has 0 bridgehead atoms. The highest BCUT2D eigenvalue weighted by Gasteiger charge is 2.48. The van der Waals surface area contributed by atoms with E-state index in [-0.39, 0.29) is 18.1 Å². The maximum absolute atomic E-state index is 13.1. The van der Waals surface area contributed by atoms with Crippen molar-refractivity contribution in [3.8, 4) is 5.88 Å². The first-order valence-corrected chi connectivity index (χ1v) is 12.3. The molecule has 2 aliphatic rings. The number of pyridine rings is 2. The fourth-order valence-electron chi connectivity index (χ4n) is 3.66. The molecule has 1 amide bonds. The first kappa shape index (κ1) is 23.3. The van der Waals surface area contributed by atoms with Crippen LogP contribution in [0.1, 0.15) is 52.1 Å². The van der Waals surface area contributed by atoms with Gasteiger partial charge in [0.15, 0.2) is 0 Å². The van der Waals surface area contributed by atoms with Crippen molar-refractivity contribution in [3.63, 3.8) is 0 Å². The smallest absolute Gasteiger partial charge is 0.228 e. The Morgan fingerprint density at radius 2 is 2.03 bits per heavy atom. The van der Waals surface area contributed by atoms with Crippen molar-refractivity contribution < 1.29 is 18.1 Å². The van der Waals surface area contributed by atoms with Crippen LogP contribution in [0.4, 0.5) is 4.39 Å². The molecule has 174 valence electrons. The molecule has 2 fully saturated rings. The van der Waals surface area contributed by atoms with E-state index in [0.717, 1.165) is 10.9 Å². The number of rotatable bonds is 7. The van der Waals surface area contributed by atoms with Crippen LogP contribution in [0, 0.1) is 5.92 Å². The van der Waals surface area contributed by atoms with Gasteiger partial charge in [-0.05, 0) is 50.6 Å². The number of halogens is 2. The second-order valence-corrected chi connectivity index (χ2v) is 11.8. The number of aromatic nitrogens is 2. The summed E-state index contributed by atoms with van der Waals surface area (Å²) >= 11 is 6.19. The fourth-order valence-corrected chi connectivity index (χ4v) is 4.72. The zero-order chi connectivity index (χ0) is 23.2. The Balaban J connectivity index is 1.54. The summed E-state index contributed by atoms with van der Waals surface area (Å²) in [5, 5.41) is 1.86. The van der Waals surface area contributed by atoms with Gasteiger partial charge in [-0.3, -0.25) is 4.79 Å². The third-order valence-electron chi connectivity index (χ3n) is 5.79. The summed E-state index contributed by atoms with van der Waals surface area (Å²) in [6.07, 6.45) is 3.17. The van der Waals surface area contributed by atoms with Crippen molar-refractivity contribution in [1.82, 2.24) is 19.6 Å². The number of fused-ring (bicyclic) bond motifs is 1. The van der Waals surface area contributed by atoms with Gasteiger partial charge in [0.1, 0.15) is 17.4 Å². The Labute approximate surface area is 194 Å². The molecule has 1 aliphatic carbocycles. The molecular formula is C22H28ClFN4O3S. The zero-order valence-corrected chi connectivity index (χ0v) is 20.2. The lowest BCUT2D eigenvalue weighted by molar-refractivity contribution is -0.141. The second-order valence-electron chi connectivity index (χ2n) is 9.37. The molecule has 1 saturated heterocycles. The van der Waals surface area contributed by atoms with Crippen LogP contribution in [0.3, 0.4) is 0 Å². The lowest BCUT2D eigenvalue weighted by Crippen LogP contribution is -2.56. The molecule has 4 atom stereocenters. The van der Waals surface area contributed by atoms with Crippen molar-refractivity contribution in [2.45, 2.75) is 63.6 Å². The summed E-state index contributed by atoms with van der Waals surface area (Å²) in [5.41, 5.74) is 0.866. The Bertz CT molecular complexity index is 1060. The highest BCUT2D eigenvalue weighted by molar-refractivity contribution is 7.84. The van der Waals surface area contributed by atoms with Gasteiger partial charge in [0.05, 0.1) is 40.1 Å². The number of carbonyl (C=O) groups excluding carboxylic acids is 1. The Kier molecular flexibility index (Phi) is 6.44. The Hall–Kier alpha value is -1.84. The molecule has 2 aromatic heterocycles. The molecule has 1 aliphatic heterocycles. The molecule has 1 N–H and O–H groups in total. The first-order valence-electron chi connectivity index (χ1n) is 10.8. The van der Waals surface area contributed by atoms with Crippen LogP contribution in [-0.2, 0) is 15.8 Å². The zero-order valence-electron chi connectivity index (χ0n) is 18.6. The number of amides is 1. The summed E-state index contributed by atoms with van der Waals surface area (Å²) in [4.78, 5) is 22.4. The van der Waals surface area contributed by atoms with Crippen LogP contribution in [-0.4, -0.2) is 55.1 Å². The number of alkyl halides is 1. The third kappa shape index (κ3) is 4.75. The predicted molar refractivity (Wildman–Crippen MR) is 123 cm³/mol. The van der Waals surface area contributed by atoms with Crippen molar-refractivity contribution in [2.75, 3.05) is 13.1 Å². The van der Waals surface area contributed by atoms with E-state index in [1.165, 1.54) is 0 Å². The first-order chi connectivity index (χ1) is 15.1. The minimum Gasteiger partial charge on any atom is -0.470 e. The van der Waals surface area contributed by atoms with Gasteiger partial charge in [-0.2, -0.15) is 0 Å². The molecule has 0 spiro atoms. The SMILES string of the molecule is CC[C@@H](NS(=O)C(C)(C)C)c1cnc(OC2CN(C(=O)C3C[C@@H]3F)C2)c2cnc(Cl)cc12. The van der Waals surface area contributed by atoms with Gasteiger partial charge in [0, 0.05) is 18.4 Å². The normalized spacial score (nSPS) is 23.0. The molecule has 7 nitrogen and oxygen atoms in total. The fraction of sp³-hybridized carbons (Fsp3) is 0.591. The number of ether oxygens (including phenoxy) is 1. The van der Waals surface area contributed by atoms with Crippen LogP contribution in [0.5, 0.6) is 5.88 Å². The molecule has 2 aromatic rings. The molecule has 32 heavy (non-hydrogen) atoms. The number of likely N-dealkylation sites (tertiary alicyclic amines) is 1. The Morgan fingerprint density at radius 1 is 1.34 bits per heavy atom. The van der Waals surface area contributed by atoms with E-state index in [2.05, 4.69) is 14.7 Å². The minimum atomic E-state index is -1.25. The van der Waals surface area contributed by atoms with Gasteiger partial charge >= 0.3 is 0 Å². The van der Waals surface area contributed by atoms with Crippen molar-refractivity contribution >= 4 is 39.3 Å². The average Bonchev–Trinajstić information content (AvgIpc) is 3.43. The lowest BCUT2D eigenvalue weighted by atomic mass is 10.0. The molecule has 0 aromatic carbocycles. The van der Waals surface area contributed by atoms with E-state index in [4.69, 9.17) is 16.3 Å². The van der Waals surface area contributed by atoms with E-state index < -0.39 is 27.8 Å². The largest absolute Gasteiger partial charge is 0.470 e. The van der Waals surface area contributed by atoms with Gasteiger partial charge in [-0.25, -0.2) is 23.3 Å². The van der Waals surface area contributed by atoms with Crippen molar-refractivity contribution in [1.29, 1.82) is 0 Å². The number of nitrogens with zero attached hydrogens (tertiary/aromatic N) is 3. The van der Waals surface area contributed by atoms with Crippen LogP contribution < -0.4 is 9.46 Å². The lowest BCUT2D eigenvalue weighted by Gasteiger charge is -2.39. The molecule has 10 heteroatoms. The topological polar surface area (TPSA) is 84.4 Å².